The number of amides is 1. The van der Waals surface area contributed by atoms with Gasteiger partial charge in [-0.15, -0.1) is 0 Å². The summed E-state index contributed by atoms with van der Waals surface area (Å²) < 4.78 is 5.23. The van der Waals surface area contributed by atoms with E-state index >= 15 is 0 Å². The van der Waals surface area contributed by atoms with Gasteiger partial charge >= 0.3 is 0 Å². The molecule has 0 aliphatic carbocycles. The van der Waals surface area contributed by atoms with Crippen molar-refractivity contribution in [2.75, 3.05) is 32.8 Å². The number of morpholine rings is 1. The molecule has 1 aliphatic rings. The first-order valence-corrected chi connectivity index (χ1v) is 6.41. The third-order valence-electron chi connectivity index (χ3n) is 3.22. The minimum Gasteiger partial charge on any atom is -0.378 e. The van der Waals surface area contributed by atoms with Gasteiger partial charge in [0.05, 0.1) is 19.8 Å². The third-order valence-corrected chi connectivity index (χ3v) is 3.22. The zero-order valence-electron chi connectivity index (χ0n) is 10.8. The summed E-state index contributed by atoms with van der Waals surface area (Å²) in [4.78, 5) is 13.8. The van der Waals surface area contributed by atoms with Crippen LogP contribution in [0.4, 0.5) is 0 Å². The van der Waals surface area contributed by atoms with Crippen molar-refractivity contribution < 1.29 is 9.53 Å². The molecule has 0 bridgehead atoms. The van der Waals surface area contributed by atoms with Gasteiger partial charge in [0.15, 0.2) is 0 Å². The molecule has 0 spiro atoms. The van der Waals surface area contributed by atoms with Gasteiger partial charge in [-0.2, -0.15) is 0 Å². The quantitative estimate of drug-likeness (QED) is 0.870. The van der Waals surface area contributed by atoms with E-state index in [0.717, 1.165) is 0 Å². The van der Waals surface area contributed by atoms with Crippen molar-refractivity contribution in [3.8, 4) is 0 Å². The Labute approximate surface area is 108 Å². The summed E-state index contributed by atoms with van der Waals surface area (Å²) in [5, 5.41) is 3.26. The molecule has 2 rings (SSSR count). The Bertz CT molecular complexity index is 375. The number of carbonyl (C=O) groups excluding carboxylic acids is 1. The highest BCUT2D eigenvalue weighted by Crippen LogP contribution is 2.10. The van der Waals surface area contributed by atoms with Gasteiger partial charge in [0.1, 0.15) is 0 Å². The van der Waals surface area contributed by atoms with Crippen LogP contribution in [0.25, 0.3) is 0 Å². The Kier molecular flexibility index (Phi) is 4.73. The Hall–Kier alpha value is -1.39. The number of hydrogen-bond acceptors (Lipinski definition) is 3. The summed E-state index contributed by atoms with van der Waals surface area (Å²) in [6.45, 7) is 5.18. The molecule has 1 N–H and O–H groups in total. The fourth-order valence-electron chi connectivity index (χ4n) is 2.02. The zero-order valence-corrected chi connectivity index (χ0v) is 10.8. The maximum atomic E-state index is 11.9. The van der Waals surface area contributed by atoms with Gasteiger partial charge in [-0.3, -0.25) is 4.79 Å². The maximum absolute atomic E-state index is 11.9. The first-order valence-electron chi connectivity index (χ1n) is 6.41. The number of hydrogen-bond donors (Lipinski definition) is 1. The van der Waals surface area contributed by atoms with Crippen LogP contribution in [0.15, 0.2) is 30.3 Å². The Morgan fingerprint density at radius 3 is 2.67 bits per heavy atom. The average molecular weight is 248 g/mol. The molecule has 1 aromatic carbocycles. The van der Waals surface area contributed by atoms with Crippen LogP contribution in [0, 0.1) is 0 Å². The summed E-state index contributed by atoms with van der Waals surface area (Å²) in [6.07, 6.45) is 0. The molecule has 0 radical (unpaired) electrons. The highest BCUT2D eigenvalue weighted by molar-refractivity contribution is 5.78. The molecule has 1 aliphatic heterocycles. The molecule has 0 aromatic heterocycles. The monoisotopic (exact) mass is 248 g/mol. The highest BCUT2D eigenvalue weighted by atomic mass is 16.5. The van der Waals surface area contributed by atoms with E-state index < -0.39 is 0 Å². The molecule has 1 aromatic rings. The van der Waals surface area contributed by atoms with Crippen molar-refractivity contribution in [1.82, 2.24) is 10.2 Å². The molecular weight excluding hydrogens is 228 g/mol. The van der Waals surface area contributed by atoms with Gasteiger partial charge in [-0.25, -0.2) is 0 Å². The fraction of sp³-hybridized carbons (Fsp3) is 0.500. The van der Waals surface area contributed by atoms with Crippen LogP contribution in [0.2, 0.25) is 0 Å². The molecule has 1 fully saturated rings. The molecule has 0 saturated carbocycles. The molecule has 4 nitrogen and oxygen atoms in total. The second kappa shape index (κ2) is 6.52. The minimum absolute atomic E-state index is 0.154. The molecule has 18 heavy (non-hydrogen) atoms. The fourth-order valence-corrected chi connectivity index (χ4v) is 2.02. The number of nitrogens with one attached hydrogen (secondary N) is 1. The van der Waals surface area contributed by atoms with Gasteiger partial charge in [0, 0.05) is 19.1 Å². The van der Waals surface area contributed by atoms with Crippen molar-refractivity contribution in [3.63, 3.8) is 0 Å². The average Bonchev–Trinajstić information content (AvgIpc) is 2.46. The number of ether oxygens (including phenoxy) is 1. The largest absolute Gasteiger partial charge is 0.378 e. The first-order chi connectivity index (χ1) is 8.77. The van der Waals surface area contributed by atoms with Crippen molar-refractivity contribution in [3.05, 3.63) is 35.9 Å². The van der Waals surface area contributed by atoms with Crippen LogP contribution in [-0.2, 0) is 9.53 Å². The molecule has 0 unspecified atom stereocenters. The minimum atomic E-state index is 0.154. The Balaban J connectivity index is 1.78. The van der Waals surface area contributed by atoms with E-state index in [4.69, 9.17) is 4.74 Å². The molecule has 1 atom stereocenters. The summed E-state index contributed by atoms with van der Waals surface area (Å²) in [5.74, 6) is 0.154. The number of benzene rings is 1. The molecular formula is C14H20N2O2. The standard InChI is InChI=1S/C14H20N2O2/c1-12(13-5-3-2-4-6-13)15-11-14(17)16-7-9-18-10-8-16/h2-6,12,15H,7-11H2,1H3/t12-/m1/s1. The summed E-state index contributed by atoms with van der Waals surface area (Å²) in [5.41, 5.74) is 1.20. The van der Waals surface area contributed by atoms with E-state index in [9.17, 15) is 4.79 Å². The SMILES string of the molecule is C[C@@H](NCC(=O)N1CCOCC1)c1ccccc1. The molecule has 4 heteroatoms. The van der Waals surface area contributed by atoms with Crippen LogP contribution in [0.3, 0.4) is 0 Å². The van der Waals surface area contributed by atoms with E-state index in [2.05, 4.69) is 24.4 Å². The normalized spacial score (nSPS) is 17.5. The van der Waals surface area contributed by atoms with Crippen molar-refractivity contribution in [2.24, 2.45) is 0 Å². The number of carbonyl (C=O) groups is 1. The van der Waals surface area contributed by atoms with Crippen LogP contribution in [0.1, 0.15) is 18.5 Å². The maximum Gasteiger partial charge on any atom is 0.236 e. The Morgan fingerprint density at radius 1 is 1.33 bits per heavy atom. The zero-order chi connectivity index (χ0) is 12.8. The van der Waals surface area contributed by atoms with Gasteiger partial charge in [0.2, 0.25) is 5.91 Å². The van der Waals surface area contributed by atoms with Crippen LogP contribution in [0.5, 0.6) is 0 Å². The van der Waals surface area contributed by atoms with Gasteiger partial charge < -0.3 is 15.0 Å². The van der Waals surface area contributed by atoms with Crippen LogP contribution >= 0.6 is 0 Å². The molecule has 1 heterocycles. The number of rotatable bonds is 4. The molecule has 98 valence electrons. The number of nitrogens with zero attached hydrogens (tertiary/aromatic N) is 1. The van der Waals surface area contributed by atoms with Gasteiger partial charge in [-0.05, 0) is 12.5 Å². The van der Waals surface area contributed by atoms with E-state index in [-0.39, 0.29) is 11.9 Å². The van der Waals surface area contributed by atoms with Crippen LogP contribution < -0.4 is 5.32 Å². The van der Waals surface area contributed by atoms with E-state index in [0.29, 0.717) is 32.8 Å². The summed E-state index contributed by atoms with van der Waals surface area (Å²) in [7, 11) is 0. The van der Waals surface area contributed by atoms with Crippen molar-refractivity contribution >= 4 is 5.91 Å². The lowest BCUT2D eigenvalue weighted by molar-refractivity contribution is -0.134. The van der Waals surface area contributed by atoms with E-state index in [1.54, 1.807) is 0 Å². The predicted molar refractivity (Wildman–Crippen MR) is 70.3 cm³/mol. The van der Waals surface area contributed by atoms with Crippen LogP contribution in [-0.4, -0.2) is 43.7 Å². The molecule has 1 saturated heterocycles. The third kappa shape index (κ3) is 3.55. The topological polar surface area (TPSA) is 41.6 Å². The second-order valence-corrected chi connectivity index (χ2v) is 4.51. The smallest absolute Gasteiger partial charge is 0.236 e. The molecule has 1 amide bonds. The van der Waals surface area contributed by atoms with E-state index in [1.807, 2.05) is 23.1 Å². The highest BCUT2D eigenvalue weighted by Gasteiger charge is 2.17. The van der Waals surface area contributed by atoms with Gasteiger partial charge in [-0.1, -0.05) is 30.3 Å². The first kappa shape index (κ1) is 13.1. The Morgan fingerprint density at radius 2 is 2.00 bits per heavy atom. The van der Waals surface area contributed by atoms with Gasteiger partial charge in [0.25, 0.3) is 0 Å². The summed E-state index contributed by atoms with van der Waals surface area (Å²) >= 11 is 0. The van der Waals surface area contributed by atoms with E-state index in [1.165, 1.54) is 5.56 Å². The van der Waals surface area contributed by atoms with Crippen molar-refractivity contribution in [2.45, 2.75) is 13.0 Å². The lowest BCUT2D eigenvalue weighted by Gasteiger charge is -2.27. The second-order valence-electron chi connectivity index (χ2n) is 4.51. The lowest BCUT2D eigenvalue weighted by Crippen LogP contribution is -2.45. The predicted octanol–water partition coefficient (Wildman–Crippen LogP) is 1.20. The summed E-state index contributed by atoms with van der Waals surface area (Å²) in [6, 6.07) is 10.3. The lowest BCUT2D eigenvalue weighted by atomic mass is 10.1. The van der Waals surface area contributed by atoms with Crippen molar-refractivity contribution in [1.29, 1.82) is 0 Å².